The quantitative estimate of drug-likeness (QED) is 0.728. The van der Waals surface area contributed by atoms with Gasteiger partial charge in [0.15, 0.2) is 0 Å². The number of halogens is 3. The molecule has 2 N–H and O–H groups in total. The summed E-state index contributed by atoms with van der Waals surface area (Å²) in [5.74, 6) is 0. The van der Waals surface area contributed by atoms with Crippen LogP contribution in [0.4, 0.5) is 0 Å². The van der Waals surface area contributed by atoms with E-state index >= 15 is 0 Å². The summed E-state index contributed by atoms with van der Waals surface area (Å²) < 4.78 is 2.02. The van der Waals surface area contributed by atoms with Gasteiger partial charge in [-0.2, -0.15) is 0 Å². The summed E-state index contributed by atoms with van der Waals surface area (Å²) in [5, 5.41) is 0.744. The van der Waals surface area contributed by atoms with Gasteiger partial charge in [-0.05, 0) is 42.7 Å². The number of hydrogen-bond donors (Lipinski definition) is 1. The van der Waals surface area contributed by atoms with Gasteiger partial charge in [0.2, 0.25) is 0 Å². The molecule has 0 aliphatic rings. The van der Waals surface area contributed by atoms with Gasteiger partial charge in [0, 0.05) is 20.0 Å². The van der Waals surface area contributed by atoms with E-state index < -0.39 is 0 Å². The number of hydrogen-bond acceptors (Lipinski definition) is 1. The van der Waals surface area contributed by atoms with Crippen molar-refractivity contribution in [3.05, 3.63) is 67.1 Å². The lowest BCUT2D eigenvalue weighted by atomic mass is 9.98. The minimum absolute atomic E-state index is 0.0760. The lowest BCUT2D eigenvalue weighted by molar-refractivity contribution is 0.717. The molecule has 0 bridgehead atoms. The molecule has 1 atom stereocenters. The third-order valence-corrected chi connectivity index (χ3v) is 4.57. The first-order chi connectivity index (χ1) is 8.97. The molecule has 0 fully saturated rings. The van der Waals surface area contributed by atoms with E-state index in [1.165, 1.54) is 5.56 Å². The fraction of sp³-hybridized carbons (Fsp3) is 0.200. The minimum atomic E-state index is -0.0760. The Morgan fingerprint density at radius 2 is 1.89 bits per heavy atom. The van der Waals surface area contributed by atoms with Crippen LogP contribution >= 0.6 is 43.5 Å². The van der Waals surface area contributed by atoms with Crippen molar-refractivity contribution in [2.24, 2.45) is 5.73 Å². The predicted octanol–water partition coefficient (Wildman–Crippen LogP) is 5.42. The second kappa shape index (κ2) is 6.40. The Balaban J connectivity index is 2.25. The number of aryl methyl sites for hydroxylation is 1. The average molecular weight is 404 g/mol. The molecule has 19 heavy (non-hydrogen) atoms. The zero-order chi connectivity index (χ0) is 14.0. The van der Waals surface area contributed by atoms with Crippen LogP contribution in [0.15, 0.2) is 45.3 Å². The molecule has 100 valence electrons. The molecule has 2 aromatic rings. The fourth-order valence-corrected chi connectivity index (χ4v) is 3.27. The second-order valence-corrected chi connectivity index (χ2v) is 6.75. The van der Waals surface area contributed by atoms with E-state index in [2.05, 4.69) is 50.9 Å². The molecule has 0 saturated heterocycles. The first-order valence-electron chi connectivity index (χ1n) is 5.93. The van der Waals surface area contributed by atoms with Crippen molar-refractivity contribution in [1.29, 1.82) is 0 Å². The van der Waals surface area contributed by atoms with Gasteiger partial charge in [0.25, 0.3) is 0 Å². The van der Waals surface area contributed by atoms with E-state index in [9.17, 15) is 0 Å². The summed E-state index contributed by atoms with van der Waals surface area (Å²) in [7, 11) is 0. The normalized spacial score (nSPS) is 12.5. The van der Waals surface area contributed by atoms with Crippen LogP contribution in [0.1, 0.15) is 22.7 Å². The number of benzene rings is 2. The van der Waals surface area contributed by atoms with Crippen LogP contribution in [0.3, 0.4) is 0 Å². The highest BCUT2D eigenvalue weighted by atomic mass is 79.9. The third kappa shape index (κ3) is 3.82. The summed E-state index contributed by atoms with van der Waals surface area (Å²) >= 11 is 13.2. The van der Waals surface area contributed by atoms with Crippen LogP contribution in [-0.2, 0) is 6.42 Å². The topological polar surface area (TPSA) is 26.0 Å². The van der Waals surface area contributed by atoms with Gasteiger partial charge in [-0.1, -0.05) is 67.2 Å². The smallest absolute Gasteiger partial charge is 0.0449 e. The van der Waals surface area contributed by atoms with Gasteiger partial charge in [-0.3, -0.25) is 0 Å². The highest BCUT2D eigenvalue weighted by Crippen LogP contribution is 2.29. The largest absolute Gasteiger partial charge is 0.324 e. The minimum Gasteiger partial charge on any atom is -0.324 e. The van der Waals surface area contributed by atoms with Crippen molar-refractivity contribution in [2.75, 3.05) is 0 Å². The molecule has 0 radical (unpaired) electrons. The highest BCUT2D eigenvalue weighted by Gasteiger charge is 2.13. The lowest BCUT2D eigenvalue weighted by Gasteiger charge is -2.16. The summed E-state index contributed by atoms with van der Waals surface area (Å²) in [6.45, 7) is 2.06. The molecule has 0 heterocycles. The maximum absolute atomic E-state index is 6.30. The van der Waals surface area contributed by atoms with Crippen molar-refractivity contribution in [3.63, 3.8) is 0 Å². The molecule has 0 spiro atoms. The first kappa shape index (κ1) is 15.0. The van der Waals surface area contributed by atoms with Crippen LogP contribution in [0.25, 0.3) is 0 Å². The molecule has 2 rings (SSSR count). The summed E-state index contributed by atoms with van der Waals surface area (Å²) in [4.78, 5) is 0. The van der Waals surface area contributed by atoms with Crippen LogP contribution in [0.2, 0.25) is 5.02 Å². The Morgan fingerprint density at radius 1 is 1.16 bits per heavy atom. The molecule has 0 saturated carbocycles. The van der Waals surface area contributed by atoms with E-state index in [1.54, 1.807) is 0 Å². The van der Waals surface area contributed by atoms with Gasteiger partial charge in [0.05, 0.1) is 0 Å². The Morgan fingerprint density at radius 3 is 2.58 bits per heavy atom. The van der Waals surface area contributed by atoms with Gasteiger partial charge in [-0.15, -0.1) is 0 Å². The van der Waals surface area contributed by atoms with Crippen molar-refractivity contribution in [3.8, 4) is 0 Å². The van der Waals surface area contributed by atoms with Gasteiger partial charge >= 0.3 is 0 Å². The molecule has 4 heteroatoms. The van der Waals surface area contributed by atoms with Crippen molar-refractivity contribution in [2.45, 2.75) is 19.4 Å². The Kier molecular flexibility index (Phi) is 5.07. The average Bonchev–Trinajstić information content (AvgIpc) is 2.35. The zero-order valence-electron chi connectivity index (χ0n) is 10.5. The summed E-state index contributed by atoms with van der Waals surface area (Å²) in [6.07, 6.45) is 0.716. The highest BCUT2D eigenvalue weighted by molar-refractivity contribution is 9.10. The van der Waals surface area contributed by atoms with Crippen LogP contribution in [0, 0.1) is 6.92 Å². The predicted molar refractivity (Wildman–Crippen MR) is 88.7 cm³/mol. The van der Waals surface area contributed by atoms with Gasteiger partial charge in [-0.25, -0.2) is 0 Å². The maximum Gasteiger partial charge on any atom is 0.0449 e. The number of rotatable bonds is 3. The summed E-state index contributed by atoms with van der Waals surface area (Å²) in [5.41, 5.74) is 9.68. The van der Waals surface area contributed by atoms with Gasteiger partial charge < -0.3 is 5.73 Å². The Hall–Kier alpha value is -0.350. The molecule has 0 aliphatic carbocycles. The zero-order valence-corrected chi connectivity index (χ0v) is 14.4. The van der Waals surface area contributed by atoms with Crippen molar-refractivity contribution in [1.82, 2.24) is 0 Å². The standard InChI is InChI=1S/C15H14Br2ClN/c1-9-2-5-13(17)12(6-9)15(19)7-10-3-4-11(16)8-14(10)18/h2-6,8,15H,7,19H2,1H3. The molecule has 1 nitrogen and oxygen atoms in total. The van der Waals surface area contributed by atoms with E-state index in [1.807, 2.05) is 24.3 Å². The van der Waals surface area contributed by atoms with Crippen LogP contribution in [-0.4, -0.2) is 0 Å². The first-order valence-corrected chi connectivity index (χ1v) is 7.89. The van der Waals surface area contributed by atoms with Crippen LogP contribution < -0.4 is 5.73 Å². The monoisotopic (exact) mass is 401 g/mol. The molecular formula is C15H14Br2ClN. The van der Waals surface area contributed by atoms with E-state index in [4.69, 9.17) is 17.3 Å². The third-order valence-electron chi connectivity index (χ3n) is 3.01. The molecule has 1 unspecified atom stereocenters. The van der Waals surface area contributed by atoms with Crippen LogP contribution in [0.5, 0.6) is 0 Å². The van der Waals surface area contributed by atoms with E-state index in [-0.39, 0.29) is 6.04 Å². The second-order valence-electron chi connectivity index (χ2n) is 4.57. The molecule has 0 amide bonds. The molecular weight excluding hydrogens is 389 g/mol. The SMILES string of the molecule is Cc1ccc(Br)c(C(N)Cc2ccc(Br)cc2Cl)c1. The molecule has 0 aliphatic heterocycles. The number of nitrogens with two attached hydrogens (primary N) is 1. The molecule has 2 aromatic carbocycles. The molecule has 0 aromatic heterocycles. The van der Waals surface area contributed by atoms with E-state index in [0.29, 0.717) is 6.42 Å². The van der Waals surface area contributed by atoms with Crippen molar-refractivity contribution >= 4 is 43.5 Å². The fourth-order valence-electron chi connectivity index (χ4n) is 1.98. The van der Waals surface area contributed by atoms with E-state index in [0.717, 1.165) is 25.1 Å². The Bertz CT molecular complexity index is 599. The lowest BCUT2D eigenvalue weighted by Crippen LogP contribution is -2.14. The Labute approximate surface area is 135 Å². The maximum atomic E-state index is 6.30. The summed E-state index contributed by atoms with van der Waals surface area (Å²) in [6, 6.07) is 12.0. The van der Waals surface area contributed by atoms with Gasteiger partial charge in [0.1, 0.15) is 0 Å². The van der Waals surface area contributed by atoms with Crippen molar-refractivity contribution < 1.29 is 0 Å².